The molecular weight excluding hydrogens is 590 g/mol. The van der Waals surface area contributed by atoms with Crippen LogP contribution in [0.1, 0.15) is 24.8 Å². The summed E-state index contributed by atoms with van der Waals surface area (Å²) >= 11 is 0. The van der Waals surface area contributed by atoms with E-state index in [0.29, 0.717) is 98.9 Å². The van der Waals surface area contributed by atoms with Gasteiger partial charge in [-0.15, -0.1) is 0 Å². The van der Waals surface area contributed by atoms with E-state index in [1.54, 1.807) is 12.1 Å². The monoisotopic (exact) mass is 637 g/mol. The number of carbonyl (C=O) groups excluding carboxylic acids is 1. The normalized spacial score (nSPS) is 11.6. The minimum atomic E-state index is -3.78. The summed E-state index contributed by atoms with van der Waals surface area (Å²) < 4.78 is 66.8. The van der Waals surface area contributed by atoms with Crippen LogP contribution in [0, 0.1) is 6.92 Å². The van der Waals surface area contributed by atoms with Gasteiger partial charge in [0.1, 0.15) is 0 Å². The van der Waals surface area contributed by atoms with E-state index in [4.69, 9.17) is 42.4 Å². The first-order valence-electron chi connectivity index (χ1n) is 14.3. The molecule has 0 spiro atoms. The first-order chi connectivity index (χ1) is 20.8. The highest BCUT2D eigenvalue weighted by atomic mass is 32.2. The van der Waals surface area contributed by atoms with E-state index >= 15 is 0 Å². The van der Waals surface area contributed by atoms with Gasteiger partial charge in [0.2, 0.25) is 5.91 Å². The van der Waals surface area contributed by atoms with Crippen LogP contribution in [0.5, 0.6) is 0 Å². The van der Waals surface area contributed by atoms with Crippen molar-refractivity contribution in [3.63, 3.8) is 0 Å². The second kappa shape index (κ2) is 26.2. The largest absolute Gasteiger partial charge is 0.481 e. The molecule has 0 unspecified atom stereocenters. The molecule has 0 fully saturated rings. The minimum Gasteiger partial charge on any atom is -0.481 e. The third kappa shape index (κ3) is 23.9. The Balaban J connectivity index is 1.73. The Kier molecular flexibility index (Phi) is 23.7. The third-order valence-electron chi connectivity index (χ3n) is 5.36. The fourth-order valence-electron chi connectivity index (χ4n) is 3.11. The molecule has 0 bridgehead atoms. The molecule has 0 saturated heterocycles. The predicted molar refractivity (Wildman–Crippen MR) is 155 cm³/mol. The molecule has 0 aromatic heterocycles. The summed E-state index contributed by atoms with van der Waals surface area (Å²) in [4.78, 5) is 21.8. The van der Waals surface area contributed by atoms with Crippen molar-refractivity contribution >= 4 is 22.0 Å². The number of ether oxygens (including phenoxy) is 7. The van der Waals surface area contributed by atoms with Crippen LogP contribution in [0.15, 0.2) is 29.2 Å². The van der Waals surface area contributed by atoms with Crippen LogP contribution in [-0.2, 0) is 57.0 Å². The Morgan fingerprint density at radius 2 is 1.02 bits per heavy atom. The van der Waals surface area contributed by atoms with Gasteiger partial charge in [-0.1, -0.05) is 17.7 Å². The Labute approximate surface area is 254 Å². The van der Waals surface area contributed by atoms with Gasteiger partial charge in [0.15, 0.2) is 0 Å². The topological polar surface area (TPSA) is 174 Å². The van der Waals surface area contributed by atoms with E-state index in [2.05, 4.69) is 5.32 Å². The molecule has 0 radical (unpaired) electrons. The van der Waals surface area contributed by atoms with E-state index in [-0.39, 0.29) is 36.9 Å². The number of rotatable bonds is 30. The zero-order chi connectivity index (χ0) is 31.4. The predicted octanol–water partition coefficient (Wildman–Crippen LogP) is 1.19. The number of carbonyl (C=O) groups is 2. The van der Waals surface area contributed by atoms with E-state index in [1.807, 2.05) is 6.92 Å². The molecule has 0 aliphatic carbocycles. The average Bonchev–Trinajstić information content (AvgIpc) is 2.98. The standard InChI is InChI=1S/C28H47NO13S/c1-25-3-5-26(6-4-25)43(33,34)42-24-23-41-22-21-40-20-19-39-18-17-38-16-15-37-14-13-36-12-11-35-10-2-9-29-27(30)7-8-28(31)32/h3-6H,2,7-24H2,1H3,(H,29,30)(H,31,32). The van der Waals surface area contributed by atoms with Gasteiger partial charge in [0.05, 0.1) is 104 Å². The molecule has 43 heavy (non-hydrogen) atoms. The Morgan fingerprint density at radius 1 is 0.628 bits per heavy atom. The maximum Gasteiger partial charge on any atom is 0.303 e. The fraction of sp³-hybridized carbons (Fsp3) is 0.714. The summed E-state index contributed by atoms with van der Waals surface area (Å²) in [5.74, 6) is -1.26. The molecule has 15 heteroatoms. The number of hydrogen-bond donors (Lipinski definition) is 2. The summed E-state index contributed by atoms with van der Waals surface area (Å²) in [6.07, 6.45) is 0.453. The van der Waals surface area contributed by atoms with Crippen molar-refractivity contribution in [2.24, 2.45) is 0 Å². The van der Waals surface area contributed by atoms with Crippen LogP contribution in [0.3, 0.4) is 0 Å². The van der Waals surface area contributed by atoms with Crippen molar-refractivity contribution in [1.29, 1.82) is 0 Å². The first-order valence-corrected chi connectivity index (χ1v) is 15.7. The number of aryl methyl sites for hydroxylation is 1. The molecule has 1 aromatic carbocycles. The van der Waals surface area contributed by atoms with Gasteiger partial charge in [0, 0.05) is 19.6 Å². The second-order valence-electron chi connectivity index (χ2n) is 8.97. The molecule has 1 aromatic rings. The summed E-state index contributed by atoms with van der Waals surface area (Å²) in [5.41, 5.74) is 0.968. The maximum absolute atomic E-state index is 12.1. The van der Waals surface area contributed by atoms with Gasteiger partial charge >= 0.3 is 5.97 Å². The lowest BCUT2D eigenvalue weighted by molar-refractivity contribution is -0.138. The van der Waals surface area contributed by atoms with Gasteiger partial charge in [-0.2, -0.15) is 8.42 Å². The van der Waals surface area contributed by atoms with Crippen molar-refractivity contribution in [2.45, 2.75) is 31.1 Å². The highest BCUT2D eigenvalue weighted by Crippen LogP contribution is 2.12. The van der Waals surface area contributed by atoms with Crippen molar-refractivity contribution in [3.8, 4) is 0 Å². The van der Waals surface area contributed by atoms with E-state index in [1.165, 1.54) is 12.1 Å². The smallest absolute Gasteiger partial charge is 0.303 e. The first kappa shape index (κ1) is 38.8. The minimum absolute atomic E-state index is 0.0176. The van der Waals surface area contributed by atoms with Gasteiger partial charge in [-0.25, -0.2) is 0 Å². The molecular formula is C28H47NO13S. The number of hydrogen-bond acceptors (Lipinski definition) is 12. The zero-order valence-electron chi connectivity index (χ0n) is 25.0. The number of aliphatic carboxylic acids is 1. The highest BCUT2D eigenvalue weighted by molar-refractivity contribution is 7.86. The van der Waals surface area contributed by atoms with E-state index in [0.717, 1.165) is 5.56 Å². The molecule has 1 amide bonds. The Morgan fingerprint density at radius 3 is 1.44 bits per heavy atom. The van der Waals surface area contributed by atoms with Crippen LogP contribution >= 0.6 is 0 Å². The van der Waals surface area contributed by atoms with Gasteiger partial charge < -0.3 is 43.6 Å². The van der Waals surface area contributed by atoms with E-state index < -0.39 is 16.1 Å². The van der Waals surface area contributed by atoms with Crippen molar-refractivity contribution in [3.05, 3.63) is 29.8 Å². The maximum atomic E-state index is 12.1. The number of nitrogens with one attached hydrogen (secondary N) is 1. The fourth-order valence-corrected chi connectivity index (χ4v) is 4.00. The van der Waals surface area contributed by atoms with Crippen LogP contribution in [0.4, 0.5) is 0 Å². The zero-order valence-corrected chi connectivity index (χ0v) is 25.8. The lowest BCUT2D eigenvalue weighted by Crippen LogP contribution is -2.25. The number of carboxylic acids is 1. The Hall–Kier alpha value is -2.21. The van der Waals surface area contributed by atoms with E-state index in [9.17, 15) is 18.0 Å². The van der Waals surface area contributed by atoms with Crippen molar-refractivity contribution < 1.29 is 60.5 Å². The summed E-state index contributed by atoms with van der Waals surface area (Å²) in [6.45, 7) is 7.92. The molecule has 2 N–H and O–H groups in total. The lowest BCUT2D eigenvalue weighted by atomic mass is 10.2. The Bertz CT molecular complexity index is 944. The SMILES string of the molecule is Cc1ccc(S(=O)(=O)OCCOCCOCCOCCOCCOCCOCCOCCCNC(=O)CCC(=O)O)cc1. The molecule has 248 valence electrons. The lowest BCUT2D eigenvalue weighted by Gasteiger charge is -2.09. The van der Waals surface area contributed by atoms with Gasteiger partial charge in [0.25, 0.3) is 10.1 Å². The number of amides is 1. The summed E-state index contributed by atoms with van der Waals surface area (Å²) in [5, 5.41) is 11.2. The molecule has 14 nitrogen and oxygen atoms in total. The van der Waals surface area contributed by atoms with Crippen LogP contribution < -0.4 is 5.32 Å². The third-order valence-corrected chi connectivity index (χ3v) is 6.69. The van der Waals surface area contributed by atoms with Gasteiger partial charge in [-0.05, 0) is 25.5 Å². The molecule has 0 heterocycles. The molecule has 0 atom stereocenters. The second-order valence-corrected chi connectivity index (χ2v) is 10.6. The average molecular weight is 638 g/mol. The van der Waals surface area contributed by atoms with Crippen LogP contribution in [0.25, 0.3) is 0 Å². The molecule has 0 aliphatic heterocycles. The quantitative estimate of drug-likeness (QED) is 0.0910. The van der Waals surface area contributed by atoms with Crippen molar-refractivity contribution in [1.82, 2.24) is 5.32 Å². The van der Waals surface area contributed by atoms with Crippen LogP contribution in [-0.4, -0.2) is 131 Å². The highest BCUT2D eigenvalue weighted by Gasteiger charge is 2.14. The molecule has 1 rings (SSSR count). The molecule has 0 aliphatic rings. The van der Waals surface area contributed by atoms with Crippen LogP contribution in [0.2, 0.25) is 0 Å². The summed E-state index contributed by atoms with van der Waals surface area (Å²) in [7, 11) is -3.78. The number of carboxylic acid groups (broad SMARTS) is 1. The van der Waals surface area contributed by atoms with Gasteiger partial charge in [-0.3, -0.25) is 13.8 Å². The number of benzene rings is 1. The summed E-state index contributed by atoms with van der Waals surface area (Å²) in [6, 6.07) is 6.45. The van der Waals surface area contributed by atoms with Crippen molar-refractivity contribution in [2.75, 3.05) is 106 Å². The molecule has 0 saturated carbocycles.